The van der Waals surface area contributed by atoms with Gasteiger partial charge >= 0.3 is 18.0 Å². The van der Waals surface area contributed by atoms with Gasteiger partial charge in [-0.2, -0.15) is 0 Å². The summed E-state index contributed by atoms with van der Waals surface area (Å²) in [6, 6.07) is 5.31. The molecule has 2 unspecified atom stereocenters. The molecule has 2 saturated heterocycles. The number of benzene rings is 1. The number of carboxylic acid groups (broad SMARTS) is 3. The Morgan fingerprint density at radius 1 is 1.08 bits per heavy atom. The highest BCUT2D eigenvalue weighted by molar-refractivity contribution is 6.19. The van der Waals surface area contributed by atoms with Crippen LogP contribution in [-0.2, 0) is 14.4 Å². The van der Waals surface area contributed by atoms with E-state index in [-0.39, 0.29) is 13.1 Å². The number of hydrogen-bond acceptors (Lipinski definition) is 4. The van der Waals surface area contributed by atoms with Gasteiger partial charge in [-0.25, -0.2) is 4.79 Å². The third-order valence-electron chi connectivity index (χ3n) is 5.31. The van der Waals surface area contributed by atoms with Crippen LogP contribution in [0.15, 0.2) is 24.3 Å². The van der Waals surface area contributed by atoms with Crippen molar-refractivity contribution in [2.45, 2.75) is 25.4 Å². The van der Waals surface area contributed by atoms with Gasteiger partial charge in [-0.1, -0.05) is 24.3 Å². The molecular formula is C17H18N2O7. The minimum absolute atomic E-state index is 0.0219. The number of carbonyl (C=O) groups is 4. The van der Waals surface area contributed by atoms with E-state index in [1.54, 1.807) is 31.2 Å². The van der Waals surface area contributed by atoms with Crippen molar-refractivity contribution in [3.8, 4) is 0 Å². The summed E-state index contributed by atoms with van der Waals surface area (Å²) in [5.41, 5.74) is -1.18. The zero-order valence-corrected chi connectivity index (χ0v) is 14.0. The lowest BCUT2D eigenvalue weighted by Gasteiger charge is -2.43. The third-order valence-corrected chi connectivity index (χ3v) is 5.31. The molecule has 1 aromatic carbocycles. The van der Waals surface area contributed by atoms with E-state index in [4.69, 9.17) is 0 Å². The molecule has 0 saturated carbocycles. The van der Waals surface area contributed by atoms with Crippen molar-refractivity contribution < 1.29 is 34.5 Å². The van der Waals surface area contributed by atoms with Crippen molar-refractivity contribution in [2.24, 2.45) is 5.41 Å². The van der Waals surface area contributed by atoms with Crippen molar-refractivity contribution in [2.75, 3.05) is 13.1 Å². The lowest BCUT2D eigenvalue weighted by molar-refractivity contribution is -0.168. The van der Waals surface area contributed by atoms with Gasteiger partial charge in [0.05, 0.1) is 12.1 Å². The van der Waals surface area contributed by atoms with E-state index in [9.17, 15) is 34.5 Å². The normalized spacial score (nSPS) is 24.3. The number of nitrogens with zero attached hydrogens (tertiary/aromatic N) is 2. The average molecular weight is 362 g/mol. The minimum atomic E-state index is -2.58. The molecule has 138 valence electrons. The fraction of sp³-hybridized carbons (Fsp3) is 0.412. The fourth-order valence-electron chi connectivity index (χ4n) is 3.98. The molecule has 2 aliphatic rings. The van der Waals surface area contributed by atoms with E-state index in [2.05, 4.69) is 0 Å². The maximum absolute atomic E-state index is 12.7. The molecule has 2 amide bonds. The second kappa shape index (κ2) is 6.01. The van der Waals surface area contributed by atoms with Crippen molar-refractivity contribution in [1.29, 1.82) is 0 Å². The van der Waals surface area contributed by atoms with Crippen LogP contribution in [0.25, 0.3) is 0 Å². The third kappa shape index (κ3) is 2.31. The number of carboxylic acids is 2. The van der Waals surface area contributed by atoms with Crippen molar-refractivity contribution in [3.05, 3.63) is 35.4 Å². The summed E-state index contributed by atoms with van der Waals surface area (Å²) in [7, 11) is 0. The Morgan fingerprint density at radius 3 is 2.23 bits per heavy atom. The summed E-state index contributed by atoms with van der Waals surface area (Å²) in [6.45, 7) is 1.72. The number of fused-ring (bicyclic) bond motifs is 1. The molecule has 2 fully saturated rings. The van der Waals surface area contributed by atoms with Crippen LogP contribution in [-0.4, -0.2) is 68.2 Å². The van der Waals surface area contributed by atoms with Gasteiger partial charge in [0.1, 0.15) is 0 Å². The highest BCUT2D eigenvalue weighted by Crippen LogP contribution is 2.46. The molecule has 0 aliphatic carbocycles. The summed E-state index contributed by atoms with van der Waals surface area (Å²) in [5.74, 6) is -4.45. The van der Waals surface area contributed by atoms with Gasteiger partial charge < -0.3 is 20.2 Å². The molecule has 9 nitrogen and oxygen atoms in total. The second-order valence-corrected chi connectivity index (χ2v) is 6.56. The van der Waals surface area contributed by atoms with E-state index in [0.717, 1.165) is 10.5 Å². The first-order valence-electron chi connectivity index (χ1n) is 8.04. The summed E-state index contributed by atoms with van der Waals surface area (Å²) in [6.07, 6.45) is -1.69. The van der Waals surface area contributed by atoms with E-state index >= 15 is 0 Å². The predicted molar refractivity (Wildman–Crippen MR) is 86.5 cm³/mol. The molecule has 3 N–H and O–H groups in total. The van der Waals surface area contributed by atoms with Crippen LogP contribution >= 0.6 is 0 Å². The highest BCUT2D eigenvalue weighted by Gasteiger charge is 2.65. The largest absolute Gasteiger partial charge is 0.480 e. The van der Waals surface area contributed by atoms with E-state index < -0.39 is 47.9 Å². The minimum Gasteiger partial charge on any atom is -0.480 e. The summed E-state index contributed by atoms with van der Waals surface area (Å²) < 4.78 is 0. The SMILES string of the molecule is Cc1ccccc1C1C2CC(C(=O)O)(C(=O)O)C(=O)N2CCN1C(=O)O. The zero-order chi connectivity index (χ0) is 19.2. The lowest BCUT2D eigenvalue weighted by atomic mass is 9.81. The molecule has 0 bridgehead atoms. The van der Waals surface area contributed by atoms with Gasteiger partial charge in [-0.15, -0.1) is 0 Å². The average Bonchev–Trinajstić information content (AvgIpc) is 2.89. The molecular weight excluding hydrogens is 344 g/mol. The number of piperazine rings is 1. The number of aliphatic carboxylic acids is 2. The monoisotopic (exact) mass is 362 g/mol. The summed E-state index contributed by atoms with van der Waals surface area (Å²) in [4.78, 5) is 50.1. The quantitative estimate of drug-likeness (QED) is 0.676. The topological polar surface area (TPSA) is 135 Å². The highest BCUT2D eigenvalue weighted by atomic mass is 16.4. The Balaban J connectivity index is 2.14. The number of rotatable bonds is 3. The van der Waals surface area contributed by atoms with Crippen molar-refractivity contribution in [1.82, 2.24) is 9.80 Å². The Hall–Kier alpha value is -3.10. The van der Waals surface area contributed by atoms with Crippen LogP contribution < -0.4 is 0 Å². The first-order chi connectivity index (χ1) is 12.2. The van der Waals surface area contributed by atoms with Gasteiger partial charge in [0.2, 0.25) is 5.41 Å². The van der Waals surface area contributed by atoms with Crippen LogP contribution in [0.4, 0.5) is 4.79 Å². The van der Waals surface area contributed by atoms with Crippen LogP contribution in [0.1, 0.15) is 23.6 Å². The number of hydrogen-bond donors (Lipinski definition) is 3. The molecule has 0 radical (unpaired) electrons. The first-order valence-corrected chi connectivity index (χ1v) is 8.04. The van der Waals surface area contributed by atoms with Gasteiger partial charge in [-0.3, -0.25) is 19.3 Å². The summed E-state index contributed by atoms with van der Waals surface area (Å²) in [5, 5.41) is 28.5. The van der Waals surface area contributed by atoms with Crippen molar-refractivity contribution in [3.63, 3.8) is 0 Å². The Kier molecular flexibility index (Phi) is 4.09. The molecule has 2 aliphatic heterocycles. The second-order valence-electron chi connectivity index (χ2n) is 6.56. The maximum atomic E-state index is 12.7. The van der Waals surface area contributed by atoms with E-state index in [1.165, 1.54) is 4.90 Å². The Morgan fingerprint density at radius 2 is 1.69 bits per heavy atom. The standard InChI is InChI=1S/C17H18N2O7/c1-9-4-2-3-5-10(9)12-11-8-17(14(21)22,15(23)24)13(20)18(11)6-7-19(12)16(25)26/h2-5,11-12H,6-8H2,1H3,(H,21,22)(H,23,24)(H,25,26). The van der Waals surface area contributed by atoms with Crippen LogP contribution in [0, 0.1) is 12.3 Å². The van der Waals surface area contributed by atoms with Gasteiger partial charge in [0.25, 0.3) is 5.91 Å². The molecule has 3 rings (SSSR count). The fourth-order valence-corrected chi connectivity index (χ4v) is 3.98. The van der Waals surface area contributed by atoms with E-state index in [1.807, 2.05) is 0 Å². The zero-order valence-electron chi connectivity index (χ0n) is 14.0. The smallest absolute Gasteiger partial charge is 0.407 e. The van der Waals surface area contributed by atoms with Crippen LogP contribution in [0.2, 0.25) is 0 Å². The number of carbonyl (C=O) groups excluding carboxylic acids is 1. The number of aryl methyl sites for hydroxylation is 1. The molecule has 0 spiro atoms. The maximum Gasteiger partial charge on any atom is 0.407 e. The number of amides is 2. The van der Waals surface area contributed by atoms with E-state index in [0.29, 0.717) is 5.56 Å². The Labute approximate surface area is 148 Å². The molecule has 26 heavy (non-hydrogen) atoms. The molecule has 2 heterocycles. The molecule has 0 aromatic heterocycles. The van der Waals surface area contributed by atoms with Gasteiger partial charge in [0, 0.05) is 19.5 Å². The molecule has 9 heteroatoms. The molecule has 1 aromatic rings. The van der Waals surface area contributed by atoms with Gasteiger partial charge in [-0.05, 0) is 18.1 Å². The molecule has 2 atom stereocenters. The predicted octanol–water partition coefficient (Wildman–Crippen LogP) is 0.786. The van der Waals surface area contributed by atoms with Crippen molar-refractivity contribution >= 4 is 23.9 Å². The van der Waals surface area contributed by atoms with Crippen LogP contribution in [0.3, 0.4) is 0 Å². The lowest BCUT2D eigenvalue weighted by Crippen LogP contribution is -2.55. The van der Waals surface area contributed by atoms with Crippen LogP contribution in [0.5, 0.6) is 0 Å². The Bertz CT molecular complexity index is 792. The summed E-state index contributed by atoms with van der Waals surface area (Å²) >= 11 is 0. The van der Waals surface area contributed by atoms with Gasteiger partial charge in [0.15, 0.2) is 0 Å². The first kappa shape index (κ1) is 17.7.